The number of halogens is 1. The Kier molecular flexibility index (Phi) is 3.31. The molecule has 0 bridgehead atoms. The van der Waals surface area contributed by atoms with E-state index < -0.39 is 4.32 Å². The maximum Gasteiger partial charge on any atom is 0.236 e. The standard InChI is InChI=1S/C9H14BrN3O/c1-9(2,10)8(14)11-4-7-5-12-13(3)6-7/h5-6H,4H2,1-3H3,(H,11,14). The molecule has 0 aliphatic carbocycles. The molecule has 0 aliphatic rings. The monoisotopic (exact) mass is 259 g/mol. The van der Waals surface area contributed by atoms with Crippen LogP contribution in [0, 0.1) is 0 Å². The van der Waals surface area contributed by atoms with Crippen molar-refractivity contribution < 1.29 is 4.79 Å². The van der Waals surface area contributed by atoms with Crippen LogP contribution >= 0.6 is 15.9 Å². The van der Waals surface area contributed by atoms with E-state index in [4.69, 9.17) is 0 Å². The molecule has 0 saturated carbocycles. The van der Waals surface area contributed by atoms with E-state index in [0.717, 1.165) is 5.56 Å². The Morgan fingerprint density at radius 1 is 1.71 bits per heavy atom. The number of rotatable bonds is 3. The van der Waals surface area contributed by atoms with Crippen molar-refractivity contribution in [3.05, 3.63) is 18.0 Å². The molecule has 0 spiro atoms. The third-order valence-electron chi connectivity index (χ3n) is 1.75. The SMILES string of the molecule is Cn1cc(CNC(=O)C(C)(C)Br)cn1. The van der Waals surface area contributed by atoms with Crippen molar-refractivity contribution in [1.82, 2.24) is 15.1 Å². The average Bonchev–Trinajstić information content (AvgIpc) is 2.45. The highest BCUT2D eigenvalue weighted by molar-refractivity contribution is 9.10. The number of carbonyl (C=O) groups excluding carboxylic acids is 1. The number of nitrogens with one attached hydrogen (secondary N) is 1. The number of alkyl halides is 1. The van der Waals surface area contributed by atoms with Crippen molar-refractivity contribution in [2.75, 3.05) is 0 Å². The molecule has 0 atom stereocenters. The molecule has 1 rings (SSSR count). The minimum absolute atomic E-state index is 0.0265. The number of hydrogen-bond acceptors (Lipinski definition) is 2. The quantitative estimate of drug-likeness (QED) is 0.830. The molecule has 1 amide bonds. The molecule has 1 heterocycles. The van der Waals surface area contributed by atoms with Gasteiger partial charge in [0.1, 0.15) is 0 Å². The molecular formula is C9H14BrN3O. The fourth-order valence-corrected chi connectivity index (χ4v) is 1.10. The molecule has 0 fully saturated rings. The van der Waals surface area contributed by atoms with Gasteiger partial charge in [0.25, 0.3) is 0 Å². The molecule has 4 nitrogen and oxygen atoms in total. The Labute approximate surface area is 91.8 Å². The van der Waals surface area contributed by atoms with E-state index in [1.165, 1.54) is 0 Å². The summed E-state index contributed by atoms with van der Waals surface area (Å²) in [6.45, 7) is 4.14. The molecule has 0 radical (unpaired) electrons. The van der Waals surface area contributed by atoms with Gasteiger partial charge in [-0.2, -0.15) is 5.10 Å². The predicted octanol–water partition coefficient (Wildman–Crippen LogP) is 1.21. The van der Waals surface area contributed by atoms with Crippen LogP contribution < -0.4 is 5.32 Å². The van der Waals surface area contributed by atoms with Crippen LogP contribution in [-0.2, 0) is 18.4 Å². The van der Waals surface area contributed by atoms with E-state index in [-0.39, 0.29) is 5.91 Å². The van der Waals surface area contributed by atoms with Gasteiger partial charge in [0.2, 0.25) is 5.91 Å². The van der Waals surface area contributed by atoms with Crippen LogP contribution in [0.5, 0.6) is 0 Å². The Balaban J connectivity index is 2.46. The van der Waals surface area contributed by atoms with E-state index in [9.17, 15) is 4.79 Å². The summed E-state index contributed by atoms with van der Waals surface area (Å²) in [6.07, 6.45) is 3.61. The number of aromatic nitrogens is 2. The molecule has 14 heavy (non-hydrogen) atoms. The predicted molar refractivity (Wildman–Crippen MR) is 58.1 cm³/mol. The van der Waals surface area contributed by atoms with Crippen LogP contribution in [0.2, 0.25) is 0 Å². The lowest BCUT2D eigenvalue weighted by molar-refractivity contribution is -0.122. The molecule has 1 aromatic rings. The molecule has 1 aromatic heterocycles. The first-order valence-electron chi connectivity index (χ1n) is 4.34. The van der Waals surface area contributed by atoms with Crippen LogP contribution in [0.15, 0.2) is 12.4 Å². The van der Waals surface area contributed by atoms with Crippen molar-refractivity contribution in [2.24, 2.45) is 7.05 Å². The summed E-state index contributed by atoms with van der Waals surface area (Å²) in [6, 6.07) is 0. The number of carbonyl (C=O) groups is 1. The normalized spacial score (nSPS) is 11.4. The molecule has 78 valence electrons. The lowest BCUT2D eigenvalue weighted by atomic mass is 10.2. The van der Waals surface area contributed by atoms with Gasteiger partial charge in [-0.3, -0.25) is 9.48 Å². The van der Waals surface area contributed by atoms with Gasteiger partial charge in [-0.25, -0.2) is 0 Å². The van der Waals surface area contributed by atoms with Gasteiger partial charge < -0.3 is 5.32 Å². The molecule has 0 unspecified atom stereocenters. The summed E-state index contributed by atoms with van der Waals surface area (Å²) in [5.74, 6) is -0.0265. The van der Waals surface area contributed by atoms with Gasteiger partial charge in [-0.05, 0) is 13.8 Å². The fraction of sp³-hybridized carbons (Fsp3) is 0.556. The van der Waals surface area contributed by atoms with Crippen LogP contribution in [0.4, 0.5) is 0 Å². The topological polar surface area (TPSA) is 46.9 Å². The first-order chi connectivity index (χ1) is 6.39. The summed E-state index contributed by atoms with van der Waals surface area (Å²) >= 11 is 3.29. The van der Waals surface area contributed by atoms with Crippen LogP contribution in [0.3, 0.4) is 0 Å². The first kappa shape index (κ1) is 11.2. The zero-order valence-electron chi connectivity index (χ0n) is 8.54. The molecular weight excluding hydrogens is 246 g/mol. The number of hydrogen-bond donors (Lipinski definition) is 1. The Morgan fingerprint density at radius 3 is 2.79 bits per heavy atom. The van der Waals surface area contributed by atoms with Crippen molar-refractivity contribution >= 4 is 21.8 Å². The minimum atomic E-state index is -0.519. The smallest absolute Gasteiger partial charge is 0.236 e. The van der Waals surface area contributed by atoms with Crippen LogP contribution in [0.25, 0.3) is 0 Å². The average molecular weight is 260 g/mol. The molecule has 5 heteroatoms. The zero-order chi connectivity index (χ0) is 10.8. The Morgan fingerprint density at radius 2 is 2.36 bits per heavy atom. The van der Waals surface area contributed by atoms with E-state index in [2.05, 4.69) is 26.3 Å². The molecule has 0 aromatic carbocycles. The second kappa shape index (κ2) is 4.13. The second-order valence-electron chi connectivity index (χ2n) is 3.68. The summed E-state index contributed by atoms with van der Waals surface area (Å²) < 4.78 is 1.19. The highest BCUT2D eigenvalue weighted by Gasteiger charge is 2.22. The lowest BCUT2D eigenvalue weighted by Crippen LogP contribution is -2.36. The van der Waals surface area contributed by atoms with Gasteiger partial charge in [0.15, 0.2) is 0 Å². The van der Waals surface area contributed by atoms with Crippen LogP contribution in [-0.4, -0.2) is 20.0 Å². The first-order valence-corrected chi connectivity index (χ1v) is 5.13. The molecule has 0 aliphatic heterocycles. The fourth-order valence-electron chi connectivity index (χ4n) is 0.956. The van der Waals surface area contributed by atoms with Gasteiger partial charge in [0.05, 0.1) is 10.5 Å². The van der Waals surface area contributed by atoms with Crippen molar-refractivity contribution in [2.45, 2.75) is 24.7 Å². The van der Waals surface area contributed by atoms with E-state index in [1.54, 1.807) is 10.9 Å². The lowest BCUT2D eigenvalue weighted by Gasteiger charge is -2.15. The maximum atomic E-state index is 11.5. The maximum absolute atomic E-state index is 11.5. The van der Waals surface area contributed by atoms with Gasteiger partial charge in [-0.15, -0.1) is 0 Å². The highest BCUT2D eigenvalue weighted by Crippen LogP contribution is 2.15. The second-order valence-corrected chi connectivity index (χ2v) is 5.66. The number of amides is 1. The highest BCUT2D eigenvalue weighted by atomic mass is 79.9. The van der Waals surface area contributed by atoms with Crippen molar-refractivity contribution in [3.63, 3.8) is 0 Å². The molecule has 0 saturated heterocycles. The Bertz CT molecular complexity index is 327. The Hall–Kier alpha value is -0.840. The molecule has 1 N–H and O–H groups in total. The van der Waals surface area contributed by atoms with Gasteiger partial charge >= 0.3 is 0 Å². The van der Waals surface area contributed by atoms with Crippen LogP contribution in [0.1, 0.15) is 19.4 Å². The third kappa shape index (κ3) is 3.14. The summed E-state index contributed by atoms with van der Waals surface area (Å²) in [7, 11) is 1.85. The van der Waals surface area contributed by atoms with Crippen molar-refractivity contribution in [1.29, 1.82) is 0 Å². The van der Waals surface area contributed by atoms with E-state index in [1.807, 2.05) is 27.1 Å². The minimum Gasteiger partial charge on any atom is -0.351 e. The largest absolute Gasteiger partial charge is 0.351 e. The van der Waals surface area contributed by atoms with E-state index >= 15 is 0 Å². The summed E-state index contributed by atoms with van der Waals surface area (Å²) in [5.41, 5.74) is 0.998. The van der Waals surface area contributed by atoms with Crippen molar-refractivity contribution in [3.8, 4) is 0 Å². The number of aryl methyl sites for hydroxylation is 1. The third-order valence-corrected chi connectivity index (χ3v) is 2.11. The summed E-state index contributed by atoms with van der Waals surface area (Å²) in [5, 5.41) is 6.82. The van der Waals surface area contributed by atoms with E-state index in [0.29, 0.717) is 6.54 Å². The summed E-state index contributed by atoms with van der Waals surface area (Å²) in [4.78, 5) is 11.5. The number of nitrogens with zero attached hydrogens (tertiary/aromatic N) is 2. The van der Waals surface area contributed by atoms with Gasteiger partial charge in [0, 0.05) is 25.4 Å². The van der Waals surface area contributed by atoms with Gasteiger partial charge in [-0.1, -0.05) is 15.9 Å². The zero-order valence-corrected chi connectivity index (χ0v) is 10.1.